The molecule has 1 atom stereocenters. The maximum absolute atomic E-state index is 12.9. The highest BCUT2D eigenvalue weighted by Gasteiger charge is 2.34. The van der Waals surface area contributed by atoms with Crippen molar-refractivity contribution in [3.63, 3.8) is 0 Å². The van der Waals surface area contributed by atoms with Crippen molar-refractivity contribution >= 4 is 38.6 Å². The van der Waals surface area contributed by atoms with Gasteiger partial charge in [0.25, 0.3) is 0 Å². The summed E-state index contributed by atoms with van der Waals surface area (Å²) in [4.78, 5) is 19.7. The number of ether oxygens (including phenoxy) is 1. The molecule has 6 heteroatoms. The first-order chi connectivity index (χ1) is 16.5. The summed E-state index contributed by atoms with van der Waals surface area (Å²) in [6.07, 6.45) is 1.33. The molecule has 174 valence electrons. The second-order valence-electron chi connectivity index (χ2n) is 8.94. The molecule has 0 saturated carbocycles. The molecule has 0 radical (unpaired) electrons. The molecule has 1 fully saturated rings. The van der Waals surface area contributed by atoms with Crippen molar-refractivity contribution in [2.45, 2.75) is 39.2 Å². The zero-order valence-corrected chi connectivity index (χ0v) is 21.1. The summed E-state index contributed by atoms with van der Waals surface area (Å²) in [5, 5.41) is 0. The van der Waals surface area contributed by atoms with E-state index in [1.165, 1.54) is 11.1 Å². The number of benzene rings is 3. The minimum atomic E-state index is 0.0595. The summed E-state index contributed by atoms with van der Waals surface area (Å²) in [7, 11) is 0. The first-order valence-corrected chi connectivity index (χ1v) is 12.5. The highest BCUT2D eigenvalue weighted by Crippen LogP contribution is 2.33. The van der Waals surface area contributed by atoms with E-state index in [1.54, 1.807) is 0 Å². The number of para-hydroxylation sites is 2. The fraction of sp³-hybridized carbons (Fsp3) is 0.286. The lowest BCUT2D eigenvalue weighted by Gasteiger charge is -2.17. The predicted molar refractivity (Wildman–Crippen MR) is 140 cm³/mol. The van der Waals surface area contributed by atoms with Crippen molar-refractivity contribution in [3.05, 3.63) is 88.2 Å². The summed E-state index contributed by atoms with van der Waals surface area (Å²) in [5.74, 6) is 2.10. The number of carbonyl (C=O) groups excluding carboxylic acids is 1. The fourth-order valence-electron chi connectivity index (χ4n) is 4.61. The van der Waals surface area contributed by atoms with Gasteiger partial charge in [0.1, 0.15) is 11.6 Å². The number of anilines is 1. The molecule has 5 rings (SSSR count). The fourth-order valence-corrected chi connectivity index (χ4v) is 4.87. The van der Waals surface area contributed by atoms with Crippen molar-refractivity contribution in [2.24, 2.45) is 0 Å². The molecule has 34 heavy (non-hydrogen) atoms. The van der Waals surface area contributed by atoms with E-state index in [0.717, 1.165) is 45.7 Å². The number of rotatable bonds is 7. The molecular weight excluding hydrogens is 490 g/mol. The lowest BCUT2D eigenvalue weighted by molar-refractivity contribution is -0.117. The van der Waals surface area contributed by atoms with E-state index in [1.807, 2.05) is 53.4 Å². The number of fused-ring (bicyclic) bond motifs is 1. The van der Waals surface area contributed by atoms with E-state index < -0.39 is 0 Å². The smallest absolute Gasteiger partial charge is 0.227 e. The maximum Gasteiger partial charge on any atom is 0.227 e. The van der Waals surface area contributed by atoms with Gasteiger partial charge in [-0.3, -0.25) is 4.79 Å². The number of halogens is 1. The molecule has 1 aliphatic rings. The van der Waals surface area contributed by atoms with Gasteiger partial charge in [-0.05, 0) is 79.9 Å². The molecule has 0 N–H and O–H groups in total. The molecule has 1 aromatic heterocycles. The number of nitrogens with zero attached hydrogens (tertiary/aromatic N) is 3. The van der Waals surface area contributed by atoms with Crippen LogP contribution in [0.15, 0.2) is 71.2 Å². The molecule has 3 aromatic carbocycles. The minimum absolute atomic E-state index is 0.0595. The normalized spacial score (nSPS) is 15.9. The lowest BCUT2D eigenvalue weighted by atomic mass is 10.1. The highest BCUT2D eigenvalue weighted by atomic mass is 79.9. The van der Waals surface area contributed by atoms with Gasteiger partial charge in [-0.2, -0.15) is 0 Å². The third-order valence-corrected chi connectivity index (χ3v) is 7.11. The molecule has 1 amide bonds. The number of hydrogen-bond donors (Lipinski definition) is 0. The van der Waals surface area contributed by atoms with Crippen molar-refractivity contribution < 1.29 is 9.53 Å². The Morgan fingerprint density at radius 1 is 1.03 bits per heavy atom. The average molecular weight is 518 g/mol. The summed E-state index contributed by atoms with van der Waals surface area (Å²) >= 11 is 3.47. The van der Waals surface area contributed by atoms with Crippen LogP contribution in [0.5, 0.6) is 5.75 Å². The Labute approximate surface area is 208 Å². The van der Waals surface area contributed by atoms with Gasteiger partial charge in [-0.15, -0.1) is 0 Å². The van der Waals surface area contributed by atoms with Gasteiger partial charge in [0.2, 0.25) is 5.91 Å². The number of amides is 1. The van der Waals surface area contributed by atoms with Crippen molar-refractivity contribution in [3.8, 4) is 5.75 Å². The Morgan fingerprint density at radius 2 is 1.82 bits per heavy atom. The van der Waals surface area contributed by atoms with E-state index in [2.05, 4.69) is 52.5 Å². The van der Waals surface area contributed by atoms with E-state index in [0.29, 0.717) is 19.6 Å². The van der Waals surface area contributed by atoms with Crippen LogP contribution in [0.3, 0.4) is 0 Å². The molecule has 1 aliphatic heterocycles. The van der Waals surface area contributed by atoms with Crippen LogP contribution in [0.2, 0.25) is 0 Å². The standard InChI is InChI=1S/C28H28BrN3O2/c1-19-8-13-24(16-20(19)2)34-15-5-14-31-26-7-4-3-6-25(26)30-28(31)21-17-27(33)32(18-21)23-11-9-22(29)10-12-23/h3-4,6-13,16,21H,5,14-15,17-18H2,1-2H3. The van der Waals surface area contributed by atoms with Crippen molar-refractivity contribution in [1.29, 1.82) is 0 Å². The second-order valence-corrected chi connectivity index (χ2v) is 9.86. The summed E-state index contributed by atoms with van der Waals surface area (Å²) in [6.45, 7) is 6.28. The first kappa shape index (κ1) is 22.7. The van der Waals surface area contributed by atoms with E-state index >= 15 is 0 Å². The van der Waals surface area contributed by atoms with Crippen LogP contribution in [0, 0.1) is 13.8 Å². The number of aryl methyl sites for hydroxylation is 3. The minimum Gasteiger partial charge on any atom is -0.494 e. The summed E-state index contributed by atoms with van der Waals surface area (Å²) in [6, 6.07) is 22.3. The molecule has 2 heterocycles. The molecule has 1 saturated heterocycles. The Kier molecular flexibility index (Phi) is 6.42. The van der Waals surface area contributed by atoms with Crippen molar-refractivity contribution in [1.82, 2.24) is 9.55 Å². The van der Waals surface area contributed by atoms with Crippen LogP contribution in [0.1, 0.15) is 35.7 Å². The monoisotopic (exact) mass is 517 g/mol. The number of carbonyl (C=O) groups is 1. The average Bonchev–Trinajstić information content (AvgIpc) is 3.40. The maximum atomic E-state index is 12.9. The van der Waals surface area contributed by atoms with Gasteiger partial charge < -0.3 is 14.2 Å². The lowest BCUT2D eigenvalue weighted by Crippen LogP contribution is -2.24. The van der Waals surface area contributed by atoms with Crippen LogP contribution >= 0.6 is 15.9 Å². The highest BCUT2D eigenvalue weighted by molar-refractivity contribution is 9.10. The third kappa shape index (κ3) is 4.60. The van der Waals surface area contributed by atoms with Crippen LogP contribution in [0.4, 0.5) is 5.69 Å². The van der Waals surface area contributed by atoms with Gasteiger partial charge in [0.05, 0.1) is 17.6 Å². The van der Waals surface area contributed by atoms with Crippen LogP contribution < -0.4 is 9.64 Å². The molecular formula is C28H28BrN3O2. The van der Waals surface area contributed by atoms with Gasteiger partial charge in [-0.25, -0.2) is 4.98 Å². The SMILES string of the molecule is Cc1ccc(OCCCn2c(C3CC(=O)N(c4ccc(Br)cc4)C3)nc3ccccc32)cc1C. The Hall–Kier alpha value is -3.12. The Morgan fingerprint density at radius 3 is 2.62 bits per heavy atom. The first-order valence-electron chi connectivity index (χ1n) is 11.7. The zero-order chi connectivity index (χ0) is 23.7. The third-order valence-electron chi connectivity index (χ3n) is 6.59. The van der Waals surface area contributed by atoms with Gasteiger partial charge in [0, 0.05) is 35.6 Å². The van der Waals surface area contributed by atoms with E-state index in [4.69, 9.17) is 9.72 Å². The van der Waals surface area contributed by atoms with E-state index in [9.17, 15) is 4.79 Å². The van der Waals surface area contributed by atoms with Crippen LogP contribution in [0.25, 0.3) is 11.0 Å². The largest absolute Gasteiger partial charge is 0.494 e. The van der Waals surface area contributed by atoms with Crippen LogP contribution in [-0.2, 0) is 11.3 Å². The van der Waals surface area contributed by atoms with Gasteiger partial charge >= 0.3 is 0 Å². The molecule has 1 unspecified atom stereocenters. The molecule has 4 aromatic rings. The summed E-state index contributed by atoms with van der Waals surface area (Å²) in [5.41, 5.74) is 5.52. The van der Waals surface area contributed by atoms with Gasteiger partial charge in [-0.1, -0.05) is 34.1 Å². The van der Waals surface area contributed by atoms with Crippen molar-refractivity contribution in [2.75, 3.05) is 18.1 Å². The second kappa shape index (κ2) is 9.63. The number of hydrogen-bond acceptors (Lipinski definition) is 3. The van der Waals surface area contributed by atoms with Gasteiger partial charge in [0.15, 0.2) is 0 Å². The molecule has 0 bridgehead atoms. The quantitative estimate of drug-likeness (QED) is 0.266. The summed E-state index contributed by atoms with van der Waals surface area (Å²) < 4.78 is 9.30. The van der Waals surface area contributed by atoms with Crippen LogP contribution in [-0.4, -0.2) is 28.6 Å². The molecule has 0 spiro atoms. The number of aromatic nitrogens is 2. The van der Waals surface area contributed by atoms with E-state index in [-0.39, 0.29) is 11.8 Å². The zero-order valence-electron chi connectivity index (χ0n) is 19.5. The molecule has 0 aliphatic carbocycles. The predicted octanol–water partition coefficient (Wildman–Crippen LogP) is 6.41. The molecule has 5 nitrogen and oxygen atoms in total. The topological polar surface area (TPSA) is 47.4 Å². The number of imidazole rings is 1. The Bertz CT molecular complexity index is 1330. The Balaban J connectivity index is 1.33.